The highest BCUT2D eigenvalue weighted by atomic mass is 16.3. The first-order valence-corrected chi connectivity index (χ1v) is 7.51. The van der Waals surface area contributed by atoms with Crippen molar-refractivity contribution < 1.29 is 4.42 Å². The molecule has 0 aliphatic heterocycles. The Balaban J connectivity index is 1.76. The number of aryl methyl sites for hydroxylation is 1. The van der Waals surface area contributed by atoms with Crippen molar-refractivity contribution in [3.05, 3.63) is 24.1 Å². The highest BCUT2D eigenvalue weighted by molar-refractivity contribution is 5.77. The summed E-state index contributed by atoms with van der Waals surface area (Å²) in [6.07, 6.45) is 8.91. The van der Waals surface area contributed by atoms with Crippen LogP contribution in [0.2, 0.25) is 0 Å². The molecule has 1 aromatic carbocycles. The second-order valence-electron chi connectivity index (χ2n) is 5.48. The lowest BCUT2D eigenvalue weighted by Crippen LogP contribution is -2.18. The highest BCUT2D eigenvalue weighted by Gasteiger charge is 2.12. The summed E-state index contributed by atoms with van der Waals surface area (Å²) < 4.78 is 5.64. The van der Waals surface area contributed by atoms with E-state index in [-0.39, 0.29) is 0 Å². The van der Waals surface area contributed by atoms with Gasteiger partial charge in [0, 0.05) is 18.2 Å². The molecule has 2 aromatic rings. The molecule has 1 heterocycles. The van der Waals surface area contributed by atoms with Crippen molar-refractivity contribution in [2.24, 2.45) is 0 Å². The second-order valence-corrected chi connectivity index (χ2v) is 5.48. The fourth-order valence-electron chi connectivity index (χ4n) is 2.88. The van der Waals surface area contributed by atoms with Gasteiger partial charge in [0.2, 0.25) is 0 Å². The van der Waals surface area contributed by atoms with Gasteiger partial charge in [-0.2, -0.15) is 0 Å². The highest BCUT2D eigenvalue weighted by Crippen LogP contribution is 2.24. The first-order valence-electron chi connectivity index (χ1n) is 7.51. The molecule has 1 fully saturated rings. The van der Waals surface area contributed by atoms with Crippen molar-refractivity contribution in [2.75, 3.05) is 5.32 Å². The van der Waals surface area contributed by atoms with Crippen molar-refractivity contribution in [1.29, 1.82) is 0 Å². The van der Waals surface area contributed by atoms with Crippen LogP contribution in [0, 0.1) is 0 Å². The van der Waals surface area contributed by atoms with Crippen molar-refractivity contribution in [2.45, 2.75) is 57.9 Å². The number of nitrogens with zero attached hydrogens (tertiary/aromatic N) is 1. The van der Waals surface area contributed by atoms with Gasteiger partial charge in [-0.05, 0) is 31.0 Å². The fourth-order valence-corrected chi connectivity index (χ4v) is 2.88. The smallest absolute Gasteiger partial charge is 0.195 e. The summed E-state index contributed by atoms with van der Waals surface area (Å²) in [7, 11) is 0. The molecule has 102 valence electrons. The Morgan fingerprint density at radius 3 is 2.74 bits per heavy atom. The maximum atomic E-state index is 5.64. The molecule has 0 radical (unpaired) electrons. The molecule has 19 heavy (non-hydrogen) atoms. The molecule has 0 spiro atoms. The summed E-state index contributed by atoms with van der Waals surface area (Å²) in [5.41, 5.74) is 3.04. The average molecular weight is 258 g/mol. The summed E-state index contributed by atoms with van der Waals surface area (Å²) in [4.78, 5) is 4.50. The minimum atomic E-state index is 0.623. The van der Waals surface area contributed by atoms with E-state index in [0.29, 0.717) is 6.04 Å². The zero-order valence-corrected chi connectivity index (χ0v) is 11.6. The summed E-state index contributed by atoms with van der Waals surface area (Å²) in [5.74, 6) is 0.821. The molecule has 0 amide bonds. The number of anilines is 1. The van der Waals surface area contributed by atoms with Crippen molar-refractivity contribution in [3.63, 3.8) is 0 Å². The molecular weight excluding hydrogens is 236 g/mol. The zero-order chi connectivity index (χ0) is 13.1. The fraction of sp³-hybridized carbons (Fsp3) is 0.562. The number of hydrogen-bond donors (Lipinski definition) is 1. The van der Waals surface area contributed by atoms with Crippen LogP contribution in [0.25, 0.3) is 11.1 Å². The van der Waals surface area contributed by atoms with Gasteiger partial charge in [0.1, 0.15) is 5.52 Å². The van der Waals surface area contributed by atoms with Gasteiger partial charge in [0.25, 0.3) is 0 Å². The minimum Gasteiger partial charge on any atom is -0.441 e. The van der Waals surface area contributed by atoms with Crippen LogP contribution >= 0.6 is 0 Å². The number of benzene rings is 1. The molecule has 3 heteroatoms. The molecule has 0 atom stereocenters. The Morgan fingerprint density at radius 2 is 2.00 bits per heavy atom. The Hall–Kier alpha value is -1.51. The standard InChI is InChI=1S/C16H22N2O/c1-2-16-18-14-11-13(9-10-15(14)19-16)17-12-7-5-3-4-6-8-12/h9-12,17H,2-8H2,1H3. The predicted octanol–water partition coefficient (Wildman–Crippen LogP) is 4.52. The third-order valence-corrected chi connectivity index (χ3v) is 3.96. The van der Waals surface area contributed by atoms with E-state index in [1.54, 1.807) is 0 Å². The average Bonchev–Trinajstić information content (AvgIpc) is 2.67. The molecule has 1 aliphatic carbocycles. The molecule has 0 bridgehead atoms. The van der Waals surface area contributed by atoms with Crippen LogP contribution in [0.1, 0.15) is 51.3 Å². The van der Waals surface area contributed by atoms with Crippen LogP contribution in [-0.4, -0.2) is 11.0 Å². The Morgan fingerprint density at radius 1 is 1.21 bits per heavy atom. The first-order chi connectivity index (χ1) is 9.35. The largest absolute Gasteiger partial charge is 0.441 e. The molecule has 1 N–H and O–H groups in total. The van der Waals surface area contributed by atoms with Crippen LogP contribution in [0.4, 0.5) is 5.69 Å². The number of hydrogen-bond acceptors (Lipinski definition) is 3. The Labute approximate surface area is 114 Å². The van der Waals surface area contributed by atoms with Crippen LogP contribution < -0.4 is 5.32 Å². The topological polar surface area (TPSA) is 38.1 Å². The van der Waals surface area contributed by atoms with E-state index < -0.39 is 0 Å². The van der Waals surface area contributed by atoms with Crippen LogP contribution in [0.15, 0.2) is 22.6 Å². The predicted molar refractivity (Wildman–Crippen MR) is 78.5 cm³/mol. The molecule has 3 rings (SSSR count). The Bertz CT molecular complexity index is 539. The van der Waals surface area contributed by atoms with Crippen LogP contribution in [0.3, 0.4) is 0 Å². The molecular formula is C16H22N2O. The number of aromatic nitrogens is 1. The molecule has 1 aromatic heterocycles. The summed E-state index contributed by atoms with van der Waals surface area (Å²) in [6.45, 7) is 2.06. The van der Waals surface area contributed by atoms with Gasteiger partial charge in [-0.1, -0.05) is 32.6 Å². The quantitative estimate of drug-likeness (QED) is 0.822. The third kappa shape index (κ3) is 2.91. The molecule has 0 saturated heterocycles. The summed E-state index contributed by atoms with van der Waals surface area (Å²) in [6, 6.07) is 6.87. The van der Waals surface area contributed by atoms with E-state index in [4.69, 9.17) is 4.42 Å². The number of rotatable bonds is 3. The van der Waals surface area contributed by atoms with Crippen LogP contribution in [-0.2, 0) is 6.42 Å². The number of fused-ring (bicyclic) bond motifs is 1. The van der Waals surface area contributed by atoms with Crippen molar-refractivity contribution in [1.82, 2.24) is 4.98 Å². The van der Waals surface area contributed by atoms with E-state index in [1.807, 2.05) is 6.07 Å². The second kappa shape index (κ2) is 5.64. The summed E-state index contributed by atoms with van der Waals surface area (Å²) >= 11 is 0. The minimum absolute atomic E-state index is 0.623. The lowest BCUT2D eigenvalue weighted by Gasteiger charge is -2.17. The van der Waals surface area contributed by atoms with Gasteiger partial charge in [-0.3, -0.25) is 0 Å². The van der Waals surface area contributed by atoms with E-state index in [0.717, 1.165) is 23.4 Å². The van der Waals surface area contributed by atoms with Gasteiger partial charge >= 0.3 is 0 Å². The van der Waals surface area contributed by atoms with Gasteiger partial charge in [-0.25, -0.2) is 4.98 Å². The maximum absolute atomic E-state index is 5.64. The van der Waals surface area contributed by atoms with E-state index in [9.17, 15) is 0 Å². The van der Waals surface area contributed by atoms with Gasteiger partial charge < -0.3 is 9.73 Å². The molecule has 3 nitrogen and oxygen atoms in total. The van der Waals surface area contributed by atoms with Crippen molar-refractivity contribution in [3.8, 4) is 0 Å². The first kappa shape index (κ1) is 12.5. The summed E-state index contributed by atoms with van der Waals surface area (Å²) in [5, 5.41) is 3.66. The van der Waals surface area contributed by atoms with E-state index >= 15 is 0 Å². The molecule has 0 unspecified atom stereocenters. The lowest BCUT2D eigenvalue weighted by atomic mass is 10.1. The zero-order valence-electron chi connectivity index (χ0n) is 11.6. The van der Waals surface area contributed by atoms with E-state index in [2.05, 4.69) is 29.4 Å². The SMILES string of the molecule is CCc1nc2cc(NC3CCCCCC3)ccc2o1. The molecule has 1 aliphatic rings. The van der Waals surface area contributed by atoms with Gasteiger partial charge in [0.15, 0.2) is 11.5 Å². The monoisotopic (exact) mass is 258 g/mol. The number of nitrogens with one attached hydrogen (secondary N) is 1. The van der Waals surface area contributed by atoms with Crippen molar-refractivity contribution >= 4 is 16.8 Å². The molecule has 1 saturated carbocycles. The number of oxazole rings is 1. The Kier molecular flexibility index (Phi) is 3.72. The van der Waals surface area contributed by atoms with Gasteiger partial charge in [0.05, 0.1) is 0 Å². The van der Waals surface area contributed by atoms with Gasteiger partial charge in [-0.15, -0.1) is 0 Å². The normalized spacial score (nSPS) is 17.5. The van der Waals surface area contributed by atoms with Crippen LogP contribution in [0.5, 0.6) is 0 Å². The third-order valence-electron chi connectivity index (χ3n) is 3.96. The lowest BCUT2D eigenvalue weighted by molar-refractivity contribution is 0.538. The maximum Gasteiger partial charge on any atom is 0.195 e. The van der Waals surface area contributed by atoms with E-state index in [1.165, 1.54) is 44.2 Å².